The van der Waals surface area contributed by atoms with Crippen LogP contribution in [0.25, 0.3) is 0 Å². The van der Waals surface area contributed by atoms with Gasteiger partial charge in [0.2, 0.25) is 0 Å². The highest BCUT2D eigenvalue weighted by Gasteiger charge is 2.29. The van der Waals surface area contributed by atoms with Gasteiger partial charge in [0.1, 0.15) is 0 Å². The molecule has 1 saturated carbocycles. The third kappa shape index (κ3) is 5.04. The summed E-state index contributed by atoms with van der Waals surface area (Å²) < 4.78 is 27.5. The van der Waals surface area contributed by atoms with E-state index in [0.29, 0.717) is 30.3 Å². The Kier molecular flexibility index (Phi) is 7.46. The first-order chi connectivity index (χ1) is 12.9. The molecule has 0 heterocycles. The number of benzene rings is 2. The van der Waals surface area contributed by atoms with Gasteiger partial charge in [0.15, 0.2) is 0 Å². The molecule has 3 N–H and O–H groups in total. The second-order valence-corrected chi connectivity index (χ2v) is 8.61. The number of hydrogen-bond acceptors (Lipinski definition) is 4. The number of halogens is 1. The van der Waals surface area contributed by atoms with Crippen molar-refractivity contribution < 1.29 is 13.2 Å². The molecule has 0 spiro atoms. The lowest BCUT2D eigenvalue weighted by Crippen LogP contribution is -2.38. The zero-order chi connectivity index (χ0) is 19.4. The average Bonchev–Trinajstić information content (AvgIpc) is 3.52. The summed E-state index contributed by atoms with van der Waals surface area (Å²) in [5.74, 6) is 0.173. The molecule has 0 bridgehead atoms. The van der Waals surface area contributed by atoms with E-state index in [-0.39, 0.29) is 29.3 Å². The number of hydrogen-bond donors (Lipinski definition) is 2. The Labute approximate surface area is 172 Å². The number of para-hydroxylation sites is 1. The lowest BCUT2D eigenvalue weighted by atomic mass is 10.2. The van der Waals surface area contributed by atoms with Crippen molar-refractivity contribution in [1.82, 2.24) is 5.32 Å². The molecular weight excluding hydrogens is 398 g/mol. The molecule has 1 fully saturated rings. The van der Waals surface area contributed by atoms with Crippen LogP contribution in [0.15, 0.2) is 59.5 Å². The number of rotatable bonds is 8. The Balaban J connectivity index is 0.00000280. The first-order valence-electron chi connectivity index (χ1n) is 9.15. The lowest BCUT2D eigenvalue weighted by Gasteiger charge is -2.23. The first-order valence-corrected chi connectivity index (χ1v) is 10.6. The van der Waals surface area contributed by atoms with Gasteiger partial charge in [-0.25, -0.2) is 8.42 Å². The van der Waals surface area contributed by atoms with E-state index in [2.05, 4.69) is 5.32 Å². The van der Waals surface area contributed by atoms with E-state index in [0.717, 1.165) is 12.8 Å². The highest BCUT2D eigenvalue weighted by atomic mass is 35.5. The van der Waals surface area contributed by atoms with E-state index < -0.39 is 10.0 Å². The number of amides is 1. The van der Waals surface area contributed by atoms with Gasteiger partial charge in [-0.15, -0.1) is 12.4 Å². The summed E-state index contributed by atoms with van der Waals surface area (Å²) in [5.41, 5.74) is 6.91. The van der Waals surface area contributed by atoms with E-state index in [1.54, 1.807) is 43.3 Å². The zero-order valence-electron chi connectivity index (χ0n) is 15.7. The predicted octanol–water partition coefficient (Wildman–Crippen LogP) is 2.79. The van der Waals surface area contributed by atoms with Gasteiger partial charge in [0.25, 0.3) is 15.9 Å². The monoisotopic (exact) mass is 423 g/mol. The minimum absolute atomic E-state index is 0. The molecule has 1 aliphatic carbocycles. The molecule has 2 aromatic rings. The van der Waals surface area contributed by atoms with Gasteiger partial charge in [-0.1, -0.05) is 24.3 Å². The Morgan fingerprint density at radius 1 is 1.18 bits per heavy atom. The molecule has 6 nitrogen and oxygen atoms in total. The van der Waals surface area contributed by atoms with Gasteiger partial charge in [-0.3, -0.25) is 9.10 Å². The molecule has 152 valence electrons. The summed E-state index contributed by atoms with van der Waals surface area (Å²) in [6.07, 6.45) is 2.22. The predicted molar refractivity (Wildman–Crippen MR) is 113 cm³/mol. The second kappa shape index (κ2) is 9.41. The standard InChI is InChI=1S/C20H25N3O3S.ClH/c1-2-23(17-8-4-3-5-9-17)27(25,26)18-10-6-7-16(13-18)20(24)22-14-19(21)15-11-12-15;/h3-10,13,15,19H,2,11-12,14,21H2,1H3,(H,22,24);1H. The molecule has 8 heteroatoms. The molecule has 1 amide bonds. The second-order valence-electron chi connectivity index (χ2n) is 6.74. The number of nitrogens with one attached hydrogen (secondary N) is 1. The van der Waals surface area contributed by atoms with Crippen molar-refractivity contribution in [1.29, 1.82) is 0 Å². The summed E-state index contributed by atoms with van der Waals surface area (Å²) in [5, 5.41) is 2.80. The summed E-state index contributed by atoms with van der Waals surface area (Å²) in [6.45, 7) is 2.46. The van der Waals surface area contributed by atoms with Crippen LogP contribution in [0.4, 0.5) is 5.69 Å². The molecule has 3 rings (SSSR count). The SMILES string of the molecule is CCN(c1ccccc1)S(=O)(=O)c1cccc(C(=O)NCC(N)C2CC2)c1.Cl. The van der Waals surface area contributed by atoms with Crippen LogP contribution in [0.1, 0.15) is 30.1 Å². The fourth-order valence-electron chi connectivity index (χ4n) is 3.01. The molecular formula is C20H26ClN3O3S. The van der Waals surface area contributed by atoms with Crippen molar-refractivity contribution in [2.24, 2.45) is 11.7 Å². The molecule has 0 aromatic heterocycles. The smallest absolute Gasteiger partial charge is 0.264 e. The Morgan fingerprint density at radius 2 is 1.86 bits per heavy atom. The van der Waals surface area contributed by atoms with Crippen molar-refractivity contribution in [3.8, 4) is 0 Å². The van der Waals surface area contributed by atoms with Gasteiger partial charge < -0.3 is 11.1 Å². The van der Waals surface area contributed by atoms with Crippen LogP contribution >= 0.6 is 12.4 Å². The quantitative estimate of drug-likeness (QED) is 0.682. The average molecular weight is 424 g/mol. The lowest BCUT2D eigenvalue weighted by molar-refractivity contribution is 0.0950. The van der Waals surface area contributed by atoms with Gasteiger partial charge >= 0.3 is 0 Å². The molecule has 0 radical (unpaired) electrons. The van der Waals surface area contributed by atoms with Crippen LogP contribution in [0, 0.1) is 5.92 Å². The molecule has 1 atom stereocenters. The highest BCUT2D eigenvalue weighted by Crippen LogP contribution is 2.31. The van der Waals surface area contributed by atoms with Crippen molar-refractivity contribution in [3.63, 3.8) is 0 Å². The molecule has 0 saturated heterocycles. The summed E-state index contributed by atoms with van der Waals surface area (Å²) in [7, 11) is -3.77. The van der Waals surface area contributed by atoms with Crippen LogP contribution < -0.4 is 15.4 Å². The molecule has 1 aliphatic rings. The van der Waals surface area contributed by atoms with E-state index in [1.165, 1.54) is 16.4 Å². The van der Waals surface area contributed by atoms with Crippen LogP contribution in [-0.4, -0.2) is 33.5 Å². The van der Waals surface area contributed by atoms with E-state index in [4.69, 9.17) is 5.73 Å². The largest absolute Gasteiger partial charge is 0.350 e. The van der Waals surface area contributed by atoms with Crippen molar-refractivity contribution in [3.05, 3.63) is 60.2 Å². The Hall–Kier alpha value is -2.09. The Bertz CT molecular complexity index is 902. The van der Waals surface area contributed by atoms with Gasteiger partial charge in [-0.05, 0) is 56.0 Å². The maximum atomic E-state index is 13.1. The Morgan fingerprint density at radius 3 is 2.46 bits per heavy atom. The van der Waals surface area contributed by atoms with Gasteiger partial charge in [-0.2, -0.15) is 0 Å². The molecule has 2 aromatic carbocycles. The van der Waals surface area contributed by atoms with Crippen molar-refractivity contribution >= 4 is 34.0 Å². The topological polar surface area (TPSA) is 92.5 Å². The number of nitrogens with zero attached hydrogens (tertiary/aromatic N) is 1. The minimum Gasteiger partial charge on any atom is -0.350 e. The van der Waals surface area contributed by atoms with Crippen molar-refractivity contribution in [2.75, 3.05) is 17.4 Å². The fourth-order valence-corrected chi connectivity index (χ4v) is 4.53. The molecule has 1 unspecified atom stereocenters. The summed E-state index contributed by atoms with van der Waals surface area (Å²) >= 11 is 0. The van der Waals surface area contributed by atoms with Crippen LogP contribution in [0.3, 0.4) is 0 Å². The summed E-state index contributed by atoms with van der Waals surface area (Å²) in [6, 6.07) is 15.0. The zero-order valence-corrected chi connectivity index (χ0v) is 17.4. The summed E-state index contributed by atoms with van der Waals surface area (Å²) in [4.78, 5) is 12.5. The number of carbonyl (C=O) groups excluding carboxylic acids is 1. The number of anilines is 1. The molecule has 0 aliphatic heterocycles. The van der Waals surface area contributed by atoms with E-state index >= 15 is 0 Å². The normalized spacial score (nSPS) is 14.6. The van der Waals surface area contributed by atoms with E-state index in [1.807, 2.05) is 6.07 Å². The van der Waals surface area contributed by atoms with Crippen LogP contribution in [0.5, 0.6) is 0 Å². The minimum atomic E-state index is -3.77. The van der Waals surface area contributed by atoms with Crippen LogP contribution in [-0.2, 0) is 10.0 Å². The number of carbonyl (C=O) groups is 1. The van der Waals surface area contributed by atoms with Gasteiger partial charge in [0.05, 0.1) is 10.6 Å². The maximum absolute atomic E-state index is 13.1. The maximum Gasteiger partial charge on any atom is 0.264 e. The molecule has 28 heavy (non-hydrogen) atoms. The first kappa shape index (κ1) is 22.2. The van der Waals surface area contributed by atoms with Crippen molar-refractivity contribution in [2.45, 2.75) is 30.7 Å². The highest BCUT2D eigenvalue weighted by molar-refractivity contribution is 7.92. The third-order valence-corrected chi connectivity index (χ3v) is 6.64. The van der Waals surface area contributed by atoms with E-state index in [9.17, 15) is 13.2 Å². The fraction of sp³-hybridized carbons (Fsp3) is 0.350. The number of nitrogens with two attached hydrogens (primary N) is 1. The number of sulfonamides is 1. The van der Waals surface area contributed by atoms with Crippen LogP contribution in [0.2, 0.25) is 0 Å². The van der Waals surface area contributed by atoms with Gasteiger partial charge in [0, 0.05) is 24.7 Å². The third-order valence-electron chi connectivity index (χ3n) is 4.74.